The number of benzene rings is 1. The van der Waals surface area contributed by atoms with E-state index >= 15 is 0 Å². The first-order valence-corrected chi connectivity index (χ1v) is 5.96. The second-order valence-corrected chi connectivity index (χ2v) is 4.68. The Balaban J connectivity index is 2.51. The molecule has 0 saturated heterocycles. The van der Waals surface area contributed by atoms with Crippen LogP contribution in [0.2, 0.25) is 0 Å². The van der Waals surface area contributed by atoms with E-state index in [9.17, 15) is 17.2 Å². The van der Waals surface area contributed by atoms with Crippen LogP contribution < -0.4 is 4.72 Å². The third-order valence-corrected chi connectivity index (χ3v) is 3.26. The summed E-state index contributed by atoms with van der Waals surface area (Å²) in [7, 11) is -3.04. The molecule has 1 aliphatic rings. The summed E-state index contributed by atoms with van der Waals surface area (Å²) in [6.07, 6.45) is -0.412. The number of rotatable bonds is 2. The summed E-state index contributed by atoms with van der Waals surface area (Å²) in [5, 5.41) is 0. The van der Waals surface area contributed by atoms with Gasteiger partial charge in [0.15, 0.2) is 0 Å². The van der Waals surface area contributed by atoms with Crippen LogP contribution in [0.5, 0.6) is 0 Å². The summed E-state index contributed by atoms with van der Waals surface area (Å²) in [4.78, 5) is 0. The molecule has 0 saturated carbocycles. The Bertz CT molecular complexity index is 492. The van der Waals surface area contributed by atoms with Crippen molar-refractivity contribution in [2.24, 2.45) is 0 Å². The molecule has 1 aromatic carbocycles. The van der Waals surface area contributed by atoms with Crippen LogP contribution in [0.3, 0.4) is 0 Å². The molecule has 0 radical (unpaired) electrons. The molecule has 1 unspecified atom stereocenters. The van der Waals surface area contributed by atoms with Gasteiger partial charge in [-0.15, -0.1) is 0 Å². The first kappa shape index (κ1) is 11.5. The molecule has 1 aliphatic carbocycles. The molecule has 0 fully saturated rings. The van der Waals surface area contributed by atoms with Crippen LogP contribution in [0, 0.1) is 6.92 Å². The van der Waals surface area contributed by atoms with Crippen LogP contribution in [-0.2, 0) is 17.3 Å². The first-order valence-electron chi connectivity index (χ1n) is 4.78. The van der Waals surface area contributed by atoms with Crippen LogP contribution in [0.1, 0.15) is 22.7 Å². The summed E-state index contributed by atoms with van der Waals surface area (Å²) >= 11 is 0. The molecule has 3 nitrogen and oxygen atoms in total. The highest BCUT2D eigenvalue weighted by Crippen LogP contribution is 2.44. The van der Waals surface area contributed by atoms with E-state index in [-0.39, 0.29) is 0 Å². The van der Waals surface area contributed by atoms with E-state index in [1.165, 1.54) is 0 Å². The smallest absolute Gasteiger partial charge is 0.215 e. The van der Waals surface area contributed by atoms with E-state index in [2.05, 4.69) is 0 Å². The number of fused-ring (bicyclic) bond motifs is 1. The van der Waals surface area contributed by atoms with E-state index < -0.39 is 29.3 Å². The van der Waals surface area contributed by atoms with Crippen LogP contribution in [-0.4, -0.2) is 14.3 Å². The van der Waals surface area contributed by atoms with Crippen LogP contribution in [0.15, 0.2) is 18.2 Å². The molecular weight excluding hydrogens is 236 g/mol. The molecule has 0 spiro atoms. The number of thiol groups is 1. The monoisotopic (exact) mass is 247 g/mol. The third kappa shape index (κ3) is 1.82. The van der Waals surface area contributed by atoms with E-state index in [4.69, 9.17) is 0 Å². The highest BCUT2D eigenvalue weighted by atomic mass is 32.2. The van der Waals surface area contributed by atoms with Gasteiger partial charge < -0.3 is 0 Å². The SMILES string of the molecule is Cc1cccc2c1C(N[SH](=O)=O)C(F)(F)C2. The minimum absolute atomic E-state index is 0.409. The van der Waals surface area contributed by atoms with Crippen molar-refractivity contribution in [3.63, 3.8) is 0 Å². The van der Waals surface area contributed by atoms with Gasteiger partial charge in [-0.2, -0.15) is 0 Å². The number of alkyl halides is 2. The van der Waals surface area contributed by atoms with Crippen molar-refractivity contribution in [3.8, 4) is 0 Å². The van der Waals surface area contributed by atoms with E-state index in [0.717, 1.165) is 0 Å². The molecule has 0 aliphatic heterocycles. The summed E-state index contributed by atoms with van der Waals surface area (Å²) in [6, 6.07) is 3.58. The topological polar surface area (TPSA) is 46.2 Å². The Morgan fingerprint density at radius 2 is 2.12 bits per heavy atom. The molecule has 2 rings (SSSR count). The predicted octanol–water partition coefficient (Wildman–Crippen LogP) is 1.34. The average molecular weight is 247 g/mol. The largest absolute Gasteiger partial charge is 0.272 e. The quantitative estimate of drug-likeness (QED) is 0.775. The predicted molar refractivity (Wildman–Crippen MR) is 56.0 cm³/mol. The zero-order valence-electron chi connectivity index (χ0n) is 8.54. The molecule has 1 N–H and O–H groups in total. The maximum Gasteiger partial charge on any atom is 0.272 e. The lowest BCUT2D eigenvalue weighted by Gasteiger charge is -2.19. The number of hydrogen-bond acceptors (Lipinski definition) is 2. The van der Waals surface area contributed by atoms with Crippen LogP contribution in [0.25, 0.3) is 0 Å². The fraction of sp³-hybridized carbons (Fsp3) is 0.400. The van der Waals surface area contributed by atoms with Gasteiger partial charge in [-0.25, -0.2) is 21.9 Å². The van der Waals surface area contributed by atoms with Gasteiger partial charge in [0.1, 0.15) is 6.04 Å². The lowest BCUT2D eigenvalue weighted by atomic mass is 10.0. The maximum absolute atomic E-state index is 13.6. The lowest BCUT2D eigenvalue weighted by Crippen LogP contribution is -2.33. The average Bonchev–Trinajstić information content (AvgIpc) is 2.38. The van der Waals surface area contributed by atoms with E-state index in [1.807, 2.05) is 4.72 Å². The maximum atomic E-state index is 13.6. The van der Waals surface area contributed by atoms with Crippen molar-refractivity contribution in [2.75, 3.05) is 0 Å². The number of halogens is 2. The Hall–Kier alpha value is -1.01. The van der Waals surface area contributed by atoms with Crippen molar-refractivity contribution in [1.82, 2.24) is 4.72 Å². The third-order valence-electron chi connectivity index (χ3n) is 2.79. The normalized spacial score (nSPS) is 22.4. The Labute approximate surface area is 93.6 Å². The molecule has 0 amide bonds. The van der Waals surface area contributed by atoms with Gasteiger partial charge in [-0.3, -0.25) is 0 Å². The molecule has 0 heterocycles. The minimum Gasteiger partial charge on any atom is -0.215 e. The molecule has 0 aromatic heterocycles. The molecular formula is C10H11F2NO2S. The van der Waals surface area contributed by atoms with Crippen molar-refractivity contribution in [3.05, 3.63) is 34.9 Å². The lowest BCUT2D eigenvalue weighted by molar-refractivity contribution is -0.0185. The zero-order valence-corrected chi connectivity index (χ0v) is 9.43. The van der Waals surface area contributed by atoms with Gasteiger partial charge in [-0.05, 0) is 23.6 Å². The van der Waals surface area contributed by atoms with Crippen molar-refractivity contribution in [2.45, 2.75) is 25.3 Å². The highest BCUT2D eigenvalue weighted by molar-refractivity contribution is 7.70. The first-order chi connectivity index (χ1) is 7.42. The van der Waals surface area contributed by atoms with Gasteiger partial charge in [-0.1, -0.05) is 18.2 Å². The second-order valence-electron chi connectivity index (χ2n) is 3.90. The Morgan fingerprint density at radius 3 is 2.75 bits per heavy atom. The van der Waals surface area contributed by atoms with Crippen molar-refractivity contribution >= 4 is 10.9 Å². The summed E-state index contributed by atoms with van der Waals surface area (Å²) in [5.41, 5.74) is 1.61. The number of aryl methyl sites for hydroxylation is 1. The van der Waals surface area contributed by atoms with Crippen molar-refractivity contribution < 1.29 is 17.2 Å². The fourth-order valence-electron chi connectivity index (χ4n) is 2.14. The molecule has 6 heteroatoms. The Morgan fingerprint density at radius 1 is 1.44 bits per heavy atom. The standard InChI is InChI=1S/C10H11F2NO2S/c1-6-3-2-4-7-5-10(11,12)9(8(6)7)13-16(14)15/h2-4,9,16H,5H2,1H3,(H,13,14,15). The summed E-state index contributed by atoms with van der Waals surface area (Å²) in [5.74, 6) is -3.05. The van der Waals surface area contributed by atoms with Gasteiger partial charge in [0.05, 0.1) is 0 Å². The molecule has 16 heavy (non-hydrogen) atoms. The fourth-order valence-corrected chi connectivity index (χ4v) is 2.67. The second kappa shape index (κ2) is 3.78. The minimum atomic E-state index is -3.05. The van der Waals surface area contributed by atoms with Crippen LogP contribution in [0.4, 0.5) is 8.78 Å². The van der Waals surface area contributed by atoms with Gasteiger partial charge in [0.25, 0.3) is 5.92 Å². The van der Waals surface area contributed by atoms with E-state index in [0.29, 0.717) is 16.7 Å². The molecule has 88 valence electrons. The van der Waals surface area contributed by atoms with Crippen molar-refractivity contribution in [1.29, 1.82) is 0 Å². The van der Waals surface area contributed by atoms with Gasteiger partial charge in [0.2, 0.25) is 10.9 Å². The van der Waals surface area contributed by atoms with Crippen LogP contribution >= 0.6 is 0 Å². The molecule has 0 bridgehead atoms. The highest BCUT2D eigenvalue weighted by Gasteiger charge is 2.48. The summed E-state index contributed by atoms with van der Waals surface area (Å²) in [6.45, 7) is 1.70. The summed E-state index contributed by atoms with van der Waals surface area (Å²) < 4.78 is 50.3. The number of hydrogen-bond donors (Lipinski definition) is 2. The van der Waals surface area contributed by atoms with Gasteiger partial charge >= 0.3 is 0 Å². The van der Waals surface area contributed by atoms with Gasteiger partial charge in [0, 0.05) is 6.42 Å². The molecule has 1 aromatic rings. The zero-order chi connectivity index (χ0) is 11.9. The molecule has 1 atom stereocenters. The number of nitrogens with one attached hydrogen (secondary N) is 1. The Kier molecular flexibility index (Phi) is 2.71. The van der Waals surface area contributed by atoms with E-state index in [1.54, 1.807) is 25.1 Å².